The predicted molar refractivity (Wildman–Crippen MR) is 109 cm³/mol. The second kappa shape index (κ2) is 9.82. The zero-order valence-electron chi connectivity index (χ0n) is 14.9. The lowest BCUT2D eigenvalue weighted by Gasteiger charge is -2.30. The van der Waals surface area contributed by atoms with Crippen LogP contribution in [-0.4, -0.2) is 48.5 Å². The zero-order valence-corrected chi connectivity index (χ0v) is 17.3. The van der Waals surface area contributed by atoms with E-state index in [4.69, 9.17) is 0 Å². The van der Waals surface area contributed by atoms with Gasteiger partial charge in [0.05, 0.1) is 0 Å². The molecular formula is C18H33IN4O. The lowest BCUT2D eigenvalue weighted by atomic mass is 9.88. The minimum absolute atomic E-state index is 0. The van der Waals surface area contributed by atoms with Crippen molar-refractivity contribution in [1.82, 2.24) is 15.5 Å². The van der Waals surface area contributed by atoms with E-state index in [1.807, 2.05) is 0 Å². The summed E-state index contributed by atoms with van der Waals surface area (Å²) in [7, 11) is 0. The topological polar surface area (TPSA) is 56.7 Å². The van der Waals surface area contributed by atoms with Gasteiger partial charge in [-0.25, -0.2) is 0 Å². The number of hydrogen-bond acceptors (Lipinski definition) is 2. The number of likely N-dealkylation sites (tertiary alicyclic amines) is 1. The molecule has 1 unspecified atom stereocenters. The maximum Gasteiger partial charge on any atom is 0.225 e. The molecule has 0 spiro atoms. The van der Waals surface area contributed by atoms with Crippen molar-refractivity contribution in [2.24, 2.45) is 10.9 Å². The summed E-state index contributed by atoms with van der Waals surface area (Å²) in [5.74, 6) is 1.63. The van der Waals surface area contributed by atoms with E-state index in [0.29, 0.717) is 23.9 Å². The van der Waals surface area contributed by atoms with Gasteiger partial charge in [-0.15, -0.1) is 24.0 Å². The fourth-order valence-corrected chi connectivity index (χ4v) is 3.92. The molecule has 3 rings (SSSR count). The van der Waals surface area contributed by atoms with Crippen molar-refractivity contribution in [3.63, 3.8) is 0 Å². The summed E-state index contributed by atoms with van der Waals surface area (Å²) in [5, 5.41) is 7.07. The SMILES string of the molecule is CCN=C(NC1CCC1)NC1CCN(C(=O)C2CCCCC2)C1.I. The first-order chi connectivity index (χ1) is 11.3. The van der Waals surface area contributed by atoms with Crippen molar-refractivity contribution in [2.75, 3.05) is 19.6 Å². The quantitative estimate of drug-likeness (QED) is 0.395. The number of hydrogen-bond donors (Lipinski definition) is 2. The minimum Gasteiger partial charge on any atom is -0.354 e. The summed E-state index contributed by atoms with van der Waals surface area (Å²) in [6.45, 7) is 4.59. The Morgan fingerprint density at radius 3 is 2.33 bits per heavy atom. The molecule has 1 saturated heterocycles. The fraction of sp³-hybridized carbons (Fsp3) is 0.889. The third-order valence-electron chi connectivity index (χ3n) is 5.56. The normalized spacial score (nSPS) is 25.8. The highest BCUT2D eigenvalue weighted by atomic mass is 127. The number of aliphatic imine (C=N–C) groups is 1. The molecule has 0 aromatic carbocycles. The van der Waals surface area contributed by atoms with Crippen LogP contribution in [0.5, 0.6) is 0 Å². The van der Waals surface area contributed by atoms with Crippen molar-refractivity contribution in [3.8, 4) is 0 Å². The highest BCUT2D eigenvalue weighted by Crippen LogP contribution is 2.26. The Kier molecular flexibility index (Phi) is 8.10. The molecular weight excluding hydrogens is 415 g/mol. The molecule has 2 saturated carbocycles. The van der Waals surface area contributed by atoms with Crippen molar-refractivity contribution in [1.29, 1.82) is 0 Å². The average Bonchev–Trinajstić information content (AvgIpc) is 2.99. The Labute approximate surface area is 163 Å². The Balaban J connectivity index is 0.00000208. The van der Waals surface area contributed by atoms with E-state index in [9.17, 15) is 4.79 Å². The van der Waals surface area contributed by atoms with Crippen molar-refractivity contribution < 1.29 is 4.79 Å². The molecule has 3 aliphatic rings. The van der Waals surface area contributed by atoms with Gasteiger partial charge in [0, 0.05) is 37.6 Å². The number of nitrogens with zero attached hydrogens (tertiary/aromatic N) is 2. The van der Waals surface area contributed by atoms with Crippen LogP contribution in [0.4, 0.5) is 0 Å². The number of amides is 1. The van der Waals surface area contributed by atoms with Crippen LogP contribution in [0.3, 0.4) is 0 Å². The van der Waals surface area contributed by atoms with Gasteiger partial charge in [0.15, 0.2) is 5.96 Å². The lowest BCUT2D eigenvalue weighted by Crippen LogP contribution is -2.50. The van der Waals surface area contributed by atoms with E-state index >= 15 is 0 Å². The Morgan fingerprint density at radius 2 is 1.71 bits per heavy atom. The smallest absolute Gasteiger partial charge is 0.225 e. The summed E-state index contributed by atoms with van der Waals surface area (Å²) in [4.78, 5) is 19.3. The van der Waals surface area contributed by atoms with E-state index in [1.54, 1.807) is 0 Å². The molecule has 0 aromatic rings. The van der Waals surface area contributed by atoms with Gasteiger partial charge in [-0.3, -0.25) is 9.79 Å². The van der Waals surface area contributed by atoms with Gasteiger partial charge in [-0.05, 0) is 45.4 Å². The molecule has 6 heteroatoms. The summed E-state index contributed by atoms with van der Waals surface area (Å²) < 4.78 is 0. The van der Waals surface area contributed by atoms with Crippen molar-refractivity contribution in [3.05, 3.63) is 0 Å². The predicted octanol–water partition coefficient (Wildman–Crippen LogP) is 2.89. The molecule has 24 heavy (non-hydrogen) atoms. The van der Waals surface area contributed by atoms with Gasteiger partial charge in [-0.1, -0.05) is 19.3 Å². The number of rotatable bonds is 4. The maximum absolute atomic E-state index is 12.6. The van der Waals surface area contributed by atoms with Crippen LogP contribution in [0.25, 0.3) is 0 Å². The molecule has 1 atom stereocenters. The number of guanidine groups is 1. The minimum atomic E-state index is 0. The van der Waals surface area contributed by atoms with E-state index in [-0.39, 0.29) is 24.0 Å². The van der Waals surface area contributed by atoms with E-state index < -0.39 is 0 Å². The number of carbonyl (C=O) groups excluding carboxylic acids is 1. The molecule has 0 bridgehead atoms. The van der Waals surface area contributed by atoms with Crippen LogP contribution >= 0.6 is 24.0 Å². The van der Waals surface area contributed by atoms with Gasteiger partial charge in [0.2, 0.25) is 5.91 Å². The van der Waals surface area contributed by atoms with Gasteiger partial charge < -0.3 is 15.5 Å². The lowest BCUT2D eigenvalue weighted by molar-refractivity contribution is -0.135. The van der Waals surface area contributed by atoms with Gasteiger partial charge in [-0.2, -0.15) is 0 Å². The molecule has 3 fully saturated rings. The average molecular weight is 448 g/mol. The summed E-state index contributed by atoms with van der Waals surface area (Å²) >= 11 is 0. The fourth-order valence-electron chi connectivity index (χ4n) is 3.92. The first kappa shape index (κ1) is 19.8. The first-order valence-electron chi connectivity index (χ1n) is 9.62. The van der Waals surface area contributed by atoms with Crippen LogP contribution in [-0.2, 0) is 4.79 Å². The largest absolute Gasteiger partial charge is 0.354 e. The van der Waals surface area contributed by atoms with E-state index in [1.165, 1.54) is 38.5 Å². The Bertz CT molecular complexity index is 433. The first-order valence-corrected chi connectivity index (χ1v) is 9.62. The van der Waals surface area contributed by atoms with Gasteiger partial charge in [0.25, 0.3) is 0 Å². The standard InChI is InChI=1S/C18H32N4O.HI/c1-2-19-18(20-15-9-6-10-15)21-16-11-12-22(13-16)17(23)14-7-4-3-5-8-14;/h14-16H,2-13H2,1H3,(H2,19,20,21);1H. The van der Waals surface area contributed by atoms with Crippen molar-refractivity contribution in [2.45, 2.75) is 76.8 Å². The molecule has 1 aliphatic heterocycles. The monoisotopic (exact) mass is 448 g/mol. The van der Waals surface area contributed by atoms with Gasteiger partial charge >= 0.3 is 0 Å². The van der Waals surface area contributed by atoms with Crippen molar-refractivity contribution >= 4 is 35.8 Å². The second-order valence-electron chi connectivity index (χ2n) is 7.34. The molecule has 2 aliphatic carbocycles. The summed E-state index contributed by atoms with van der Waals surface area (Å²) in [6.07, 6.45) is 10.8. The Morgan fingerprint density at radius 1 is 1.00 bits per heavy atom. The van der Waals surface area contributed by atoms with E-state index in [0.717, 1.165) is 44.9 Å². The van der Waals surface area contributed by atoms with Crippen LogP contribution in [0.2, 0.25) is 0 Å². The second-order valence-corrected chi connectivity index (χ2v) is 7.34. The molecule has 5 nitrogen and oxygen atoms in total. The Hall–Kier alpha value is -0.530. The third-order valence-corrected chi connectivity index (χ3v) is 5.56. The maximum atomic E-state index is 12.6. The molecule has 1 amide bonds. The van der Waals surface area contributed by atoms with Gasteiger partial charge in [0.1, 0.15) is 0 Å². The highest BCUT2D eigenvalue weighted by Gasteiger charge is 2.32. The van der Waals surface area contributed by atoms with Crippen LogP contribution in [0, 0.1) is 5.92 Å². The molecule has 1 heterocycles. The highest BCUT2D eigenvalue weighted by molar-refractivity contribution is 14.0. The molecule has 138 valence electrons. The molecule has 0 aromatic heterocycles. The van der Waals surface area contributed by atoms with Crippen LogP contribution in [0.1, 0.15) is 64.7 Å². The summed E-state index contributed by atoms with van der Waals surface area (Å²) in [6, 6.07) is 0.939. The summed E-state index contributed by atoms with van der Waals surface area (Å²) in [5.41, 5.74) is 0. The number of carbonyl (C=O) groups is 1. The van der Waals surface area contributed by atoms with Crippen LogP contribution < -0.4 is 10.6 Å². The number of halogens is 1. The zero-order chi connectivity index (χ0) is 16.1. The van der Waals surface area contributed by atoms with Crippen LogP contribution in [0.15, 0.2) is 4.99 Å². The van der Waals surface area contributed by atoms with E-state index in [2.05, 4.69) is 27.4 Å². The molecule has 2 N–H and O–H groups in total. The third kappa shape index (κ3) is 5.23. The number of nitrogens with one attached hydrogen (secondary N) is 2. The molecule has 0 radical (unpaired) electrons.